The molecule has 9 heteroatoms. The maximum Gasteiger partial charge on any atom is 0.240 e. The van der Waals surface area contributed by atoms with Crippen LogP contribution in [0.4, 0.5) is 5.82 Å². The Morgan fingerprint density at radius 2 is 1.81 bits per heavy atom. The Kier molecular flexibility index (Phi) is 5.19. The summed E-state index contributed by atoms with van der Waals surface area (Å²) in [6.45, 7) is 4.66. The quantitative estimate of drug-likeness (QED) is 0.611. The maximum absolute atomic E-state index is 12.2. The Hall–Kier alpha value is -2.52. The van der Waals surface area contributed by atoms with Gasteiger partial charge in [-0.3, -0.25) is 4.68 Å². The molecule has 2 heterocycles. The van der Waals surface area contributed by atoms with Gasteiger partial charge in [-0.15, -0.1) is 0 Å². The van der Waals surface area contributed by atoms with Crippen LogP contribution in [0, 0.1) is 13.8 Å². The second kappa shape index (κ2) is 7.38. The van der Waals surface area contributed by atoms with E-state index in [0.717, 1.165) is 16.6 Å². The summed E-state index contributed by atoms with van der Waals surface area (Å²) in [6.07, 6.45) is 2.34. The summed E-state index contributed by atoms with van der Waals surface area (Å²) in [5.41, 5.74) is 1.79. The zero-order valence-electron chi connectivity index (χ0n) is 15.0. The molecule has 0 aliphatic carbocycles. The lowest BCUT2D eigenvalue weighted by atomic mass is 10.2. The topological polar surface area (TPSA) is 102 Å². The van der Waals surface area contributed by atoms with Gasteiger partial charge in [-0.2, -0.15) is 5.10 Å². The number of anilines is 1. The number of rotatable bonds is 7. The molecule has 3 rings (SSSR count). The van der Waals surface area contributed by atoms with Crippen molar-refractivity contribution < 1.29 is 8.42 Å². The van der Waals surface area contributed by atoms with Gasteiger partial charge in [-0.05, 0) is 32.4 Å². The third-order valence-corrected chi connectivity index (χ3v) is 5.45. The molecule has 0 unspecified atom stereocenters. The fourth-order valence-electron chi connectivity index (χ4n) is 2.57. The number of aryl methyl sites for hydroxylation is 3. The molecule has 0 saturated heterocycles. The van der Waals surface area contributed by atoms with Gasteiger partial charge in [-0.1, -0.05) is 17.7 Å². The van der Waals surface area contributed by atoms with Crippen LogP contribution in [0.2, 0.25) is 0 Å². The van der Waals surface area contributed by atoms with Crippen LogP contribution >= 0.6 is 0 Å². The van der Waals surface area contributed by atoms with Gasteiger partial charge in [0.15, 0.2) is 5.65 Å². The van der Waals surface area contributed by atoms with E-state index in [1.165, 1.54) is 0 Å². The molecule has 0 saturated carbocycles. The van der Waals surface area contributed by atoms with Gasteiger partial charge in [0, 0.05) is 20.1 Å². The first-order valence-corrected chi connectivity index (χ1v) is 9.82. The van der Waals surface area contributed by atoms with Crippen molar-refractivity contribution in [3.63, 3.8) is 0 Å². The minimum atomic E-state index is -3.48. The van der Waals surface area contributed by atoms with Crippen molar-refractivity contribution in [2.75, 3.05) is 18.4 Å². The van der Waals surface area contributed by atoms with Crippen LogP contribution in [-0.2, 0) is 17.1 Å². The SMILES string of the molecule is Cc1ccc(S(=O)(=O)NCCCNc2nc(C)nc3c2cnn3C)cc1. The second-order valence-electron chi connectivity index (χ2n) is 6.12. The highest BCUT2D eigenvalue weighted by Crippen LogP contribution is 2.19. The molecule has 2 aromatic heterocycles. The molecule has 0 atom stereocenters. The monoisotopic (exact) mass is 374 g/mol. The highest BCUT2D eigenvalue weighted by atomic mass is 32.2. The molecule has 0 fully saturated rings. The van der Waals surface area contributed by atoms with Crippen LogP contribution in [0.15, 0.2) is 35.4 Å². The van der Waals surface area contributed by atoms with E-state index in [2.05, 4.69) is 25.1 Å². The predicted octanol–water partition coefficient (Wildman–Crippen LogP) is 1.76. The Morgan fingerprint density at radius 1 is 1.08 bits per heavy atom. The van der Waals surface area contributed by atoms with Crippen LogP contribution in [0.5, 0.6) is 0 Å². The summed E-state index contributed by atoms with van der Waals surface area (Å²) in [4.78, 5) is 9.05. The van der Waals surface area contributed by atoms with E-state index < -0.39 is 10.0 Å². The standard InChI is InChI=1S/C17H22N6O2S/c1-12-5-7-14(8-6-12)26(24,25)20-10-4-9-18-16-15-11-19-23(3)17(15)22-13(2)21-16/h5-8,11,20H,4,9-10H2,1-3H3,(H,18,21,22). The van der Waals surface area contributed by atoms with E-state index in [1.807, 2.05) is 20.9 Å². The number of hydrogen-bond donors (Lipinski definition) is 2. The molecule has 0 radical (unpaired) electrons. The van der Waals surface area contributed by atoms with Crippen LogP contribution in [0.25, 0.3) is 11.0 Å². The number of benzene rings is 1. The Bertz CT molecular complexity index is 1010. The van der Waals surface area contributed by atoms with Gasteiger partial charge in [0.05, 0.1) is 16.5 Å². The summed E-state index contributed by atoms with van der Waals surface area (Å²) in [6, 6.07) is 6.79. The second-order valence-corrected chi connectivity index (χ2v) is 7.88. The molecule has 1 aromatic carbocycles. The van der Waals surface area contributed by atoms with Crippen molar-refractivity contribution in [1.82, 2.24) is 24.5 Å². The first kappa shape index (κ1) is 18.3. The average Bonchev–Trinajstić information content (AvgIpc) is 2.96. The Labute approximate surface area is 152 Å². The summed E-state index contributed by atoms with van der Waals surface area (Å²) < 4.78 is 28.8. The zero-order valence-corrected chi connectivity index (χ0v) is 15.8. The maximum atomic E-state index is 12.2. The van der Waals surface area contributed by atoms with Crippen molar-refractivity contribution in [2.45, 2.75) is 25.2 Å². The molecule has 0 aliphatic rings. The number of sulfonamides is 1. The van der Waals surface area contributed by atoms with Crippen LogP contribution in [0.3, 0.4) is 0 Å². The predicted molar refractivity (Wildman–Crippen MR) is 101 cm³/mol. The minimum absolute atomic E-state index is 0.277. The lowest BCUT2D eigenvalue weighted by molar-refractivity contribution is 0.580. The summed E-state index contributed by atoms with van der Waals surface area (Å²) in [7, 11) is -1.65. The van der Waals surface area contributed by atoms with Crippen LogP contribution in [-0.4, -0.2) is 41.3 Å². The number of nitrogens with one attached hydrogen (secondary N) is 2. The summed E-state index contributed by atoms with van der Waals surface area (Å²) in [5.74, 6) is 1.37. The van der Waals surface area contributed by atoms with Crippen molar-refractivity contribution in [3.05, 3.63) is 41.9 Å². The average molecular weight is 374 g/mol. The number of fused-ring (bicyclic) bond motifs is 1. The van der Waals surface area contributed by atoms with Gasteiger partial charge in [-0.25, -0.2) is 23.1 Å². The van der Waals surface area contributed by atoms with Crippen LogP contribution in [0.1, 0.15) is 17.8 Å². The fraction of sp³-hybridized carbons (Fsp3) is 0.353. The third kappa shape index (κ3) is 4.00. The van der Waals surface area contributed by atoms with Crippen molar-refractivity contribution in [3.8, 4) is 0 Å². The highest BCUT2D eigenvalue weighted by Gasteiger charge is 2.13. The molecule has 0 bridgehead atoms. The van der Waals surface area contributed by atoms with Crippen molar-refractivity contribution in [1.29, 1.82) is 0 Å². The molecule has 26 heavy (non-hydrogen) atoms. The normalized spacial score (nSPS) is 11.8. The summed E-state index contributed by atoms with van der Waals surface area (Å²) in [5, 5.41) is 8.28. The van der Waals surface area contributed by atoms with E-state index >= 15 is 0 Å². The van der Waals surface area contributed by atoms with Gasteiger partial charge in [0.1, 0.15) is 11.6 Å². The lowest BCUT2D eigenvalue weighted by Crippen LogP contribution is -2.26. The molecule has 2 N–H and O–H groups in total. The van der Waals surface area contributed by atoms with Crippen molar-refractivity contribution >= 4 is 26.9 Å². The van der Waals surface area contributed by atoms with Crippen LogP contribution < -0.4 is 10.0 Å². The minimum Gasteiger partial charge on any atom is -0.369 e. The molecular weight excluding hydrogens is 352 g/mol. The first-order valence-electron chi connectivity index (χ1n) is 8.33. The number of hydrogen-bond acceptors (Lipinski definition) is 6. The van der Waals surface area contributed by atoms with E-state index in [1.54, 1.807) is 35.1 Å². The lowest BCUT2D eigenvalue weighted by Gasteiger charge is -2.09. The van der Waals surface area contributed by atoms with Crippen molar-refractivity contribution in [2.24, 2.45) is 7.05 Å². The van der Waals surface area contributed by atoms with E-state index in [0.29, 0.717) is 31.2 Å². The number of aromatic nitrogens is 4. The summed E-state index contributed by atoms with van der Waals surface area (Å²) >= 11 is 0. The number of nitrogens with zero attached hydrogens (tertiary/aromatic N) is 4. The van der Waals surface area contributed by atoms with Gasteiger partial charge in [0.2, 0.25) is 10.0 Å². The van der Waals surface area contributed by atoms with Gasteiger partial charge < -0.3 is 5.32 Å². The molecule has 138 valence electrons. The molecular formula is C17H22N6O2S. The smallest absolute Gasteiger partial charge is 0.240 e. The largest absolute Gasteiger partial charge is 0.369 e. The molecule has 0 aliphatic heterocycles. The van der Waals surface area contributed by atoms with E-state index in [4.69, 9.17) is 0 Å². The molecule has 8 nitrogen and oxygen atoms in total. The Morgan fingerprint density at radius 3 is 2.54 bits per heavy atom. The molecule has 0 spiro atoms. The van der Waals surface area contributed by atoms with Gasteiger partial charge >= 0.3 is 0 Å². The third-order valence-electron chi connectivity index (χ3n) is 3.97. The molecule has 3 aromatic rings. The first-order chi connectivity index (χ1) is 12.4. The fourth-order valence-corrected chi connectivity index (χ4v) is 3.64. The molecule has 0 amide bonds. The van der Waals surface area contributed by atoms with E-state index in [-0.39, 0.29) is 4.90 Å². The van der Waals surface area contributed by atoms with Gasteiger partial charge in [0.25, 0.3) is 0 Å². The highest BCUT2D eigenvalue weighted by molar-refractivity contribution is 7.89. The van der Waals surface area contributed by atoms with E-state index in [9.17, 15) is 8.42 Å². The zero-order chi connectivity index (χ0) is 18.7. The Balaban J connectivity index is 1.56.